The van der Waals surface area contributed by atoms with Crippen molar-refractivity contribution in [3.63, 3.8) is 0 Å². The van der Waals surface area contributed by atoms with E-state index in [0.717, 1.165) is 48.8 Å². The van der Waals surface area contributed by atoms with Crippen LogP contribution in [0.1, 0.15) is 65.0 Å². The summed E-state index contributed by atoms with van der Waals surface area (Å²) in [5, 5.41) is 13.4. The number of alkyl carbamates (subject to hydrolysis) is 1. The standard InChI is InChI=1S/C19H35N5O3.HI/c1-7-15-14(16(8-2)27-24-15)13-23-17(20-9-3)21-11-10-12-22-18(25)26-19(4,5)6;/h7-13H2,1-6H3,(H,22,25)(H2,20,21,23);1H. The molecule has 0 bridgehead atoms. The number of guanidine groups is 1. The first kappa shape index (κ1) is 26.5. The van der Waals surface area contributed by atoms with Gasteiger partial charge in [0.2, 0.25) is 0 Å². The number of rotatable bonds is 9. The summed E-state index contributed by atoms with van der Waals surface area (Å²) >= 11 is 0. The largest absolute Gasteiger partial charge is 0.444 e. The molecule has 1 aromatic heterocycles. The number of aliphatic imine (C=N–C) groups is 1. The lowest BCUT2D eigenvalue weighted by atomic mass is 10.1. The molecule has 1 rings (SSSR count). The first-order valence-electron chi connectivity index (χ1n) is 9.76. The first-order chi connectivity index (χ1) is 12.8. The molecule has 0 aliphatic rings. The van der Waals surface area contributed by atoms with Crippen LogP contribution in [0, 0.1) is 0 Å². The van der Waals surface area contributed by atoms with Gasteiger partial charge in [0.05, 0.1) is 12.2 Å². The van der Waals surface area contributed by atoms with Crippen molar-refractivity contribution in [3.8, 4) is 0 Å². The van der Waals surface area contributed by atoms with Gasteiger partial charge < -0.3 is 25.2 Å². The molecule has 0 saturated heterocycles. The van der Waals surface area contributed by atoms with Crippen LogP contribution < -0.4 is 16.0 Å². The zero-order valence-electron chi connectivity index (χ0n) is 18.0. The van der Waals surface area contributed by atoms with Crippen molar-refractivity contribution < 1.29 is 14.1 Å². The molecular weight excluding hydrogens is 473 g/mol. The Morgan fingerprint density at radius 3 is 2.36 bits per heavy atom. The molecule has 0 aliphatic heterocycles. The fourth-order valence-electron chi connectivity index (χ4n) is 2.42. The molecule has 0 aromatic carbocycles. The molecule has 1 heterocycles. The predicted octanol–water partition coefficient (Wildman–Crippen LogP) is 3.39. The number of hydrogen-bond donors (Lipinski definition) is 3. The van der Waals surface area contributed by atoms with Gasteiger partial charge in [0, 0.05) is 31.6 Å². The summed E-state index contributed by atoms with van der Waals surface area (Å²) in [5.41, 5.74) is 1.56. The average molecular weight is 509 g/mol. The Bertz CT molecular complexity index is 590. The second kappa shape index (κ2) is 13.6. The number of carbonyl (C=O) groups excluding carboxylic acids is 1. The van der Waals surface area contributed by atoms with Gasteiger partial charge in [-0.1, -0.05) is 19.0 Å². The van der Waals surface area contributed by atoms with Crippen LogP contribution in [0.3, 0.4) is 0 Å². The van der Waals surface area contributed by atoms with Crippen LogP contribution in [0.25, 0.3) is 0 Å². The lowest BCUT2D eigenvalue weighted by molar-refractivity contribution is 0.0527. The van der Waals surface area contributed by atoms with Gasteiger partial charge in [-0.2, -0.15) is 0 Å². The van der Waals surface area contributed by atoms with Crippen LogP contribution in [-0.2, 0) is 24.1 Å². The van der Waals surface area contributed by atoms with Gasteiger partial charge >= 0.3 is 6.09 Å². The topological polar surface area (TPSA) is 101 Å². The molecule has 1 aromatic rings. The maximum Gasteiger partial charge on any atom is 0.407 e. The summed E-state index contributed by atoms with van der Waals surface area (Å²) in [6, 6.07) is 0. The summed E-state index contributed by atoms with van der Waals surface area (Å²) in [6.45, 7) is 14.2. The van der Waals surface area contributed by atoms with Gasteiger partial charge in [0.15, 0.2) is 5.96 Å². The number of aryl methyl sites for hydroxylation is 2. The molecule has 0 radical (unpaired) electrons. The maximum absolute atomic E-state index is 11.6. The van der Waals surface area contributed by atoms with E-state index in [9.17, 15) is 4.79 Å². The van der Waals surface area contributed by atoms with Crippen molar-refractivity contribution in [2.75, 3.05) is 19.6 Å². The van der Waals surface area contributed by atoms with Crippen molar-refractivity contribution in [2.45, 2.75) is 73.0 Å². The number of amides is 1. The zero-order chi connectivity index (χ0) is 20.3. The third-order valence-electron chi connectivity index (χ3n) is 3.66. The van der Waals surface area contributed by atoms with Gasteiger partial charge in [-0.3, -0.25) is 0 Å². The molecule has 162 valence electrons. The van der Waals surface area contributed by atoms with E-state index in [1.54, 1.807) is 0 Å². The van der Waals surface area contributed by atoms with Crippen LogP contribution in [-0.4, -0.2) is 42.4 Å². The number of aromatic nitrogens is 1. The average Bonchev–Trinajstić information content (AvgIpc) is 2.99. The molecule has 0 spiro atoms. The van der Waals surface area contributed by atoms with Crippen LogP contribution >= 0.6 is 24.0 Å². The highest BCUT2D eigenvalue weighted by Crippen LogP contribution is 2.16. The second-order valence-electron chi connectivity index (χ2n) is 7.14. The minimum atomic E-state index is -0.482. The summed E-state index contributed by atoms with van der Waals surface area (Å²) in [6.07, 6.45) is 2.00. The molecule has 0 aliphatic carbocycles. The Morgan fingerprint density at radius 1 is 1.11 bits per heavy atom. The maximum atomic E-state index is 11.6. The van der Waals surface area contributed by atoms with E-state index in [-0.39, 0.29) is 24.0 Å². The van der Waals surface area contributed by atoms with Crippen LogP contribution in [0.5, 0.6) is 0 Å². The number of ether oxygens (including phenoxy) is 1. The second-order valence-corrected chi connectivity index (χ2v) is 7.14. The van der Waals surface area contributed by atoms with E-state index < -0.39 is 11.7 Å². The molecular formula is C19H36IN5O3. The first-order valence-corrected chi connectivity index (χ1v) is 9.76. The lowest BCUT2D eigenvalue weighted by Gasteiger charge is -2.19. The zero-order valence-corrected chi connectivity index (χ0v) is 20.3. The molecule has 0 atom stereocenters. The molecule has 0 unspecified atom stereocenters. The molecule has 0 saturated carbocycles. The Labute approximate surface area is 185 Å². The van der Waals surface area contributed by atoms with Gasteiger partial charge in [0.1, 0.15) is 11.4 Å². The molecule has 0 fully saturated rings. The lowest BCUT2D eigenvalue weighted by Crippen LogP contribution is -2.39. The number of hydrogen-bond acceptors (Lipinski definition) is 5. The number of halogens is 1. The fraction of sp³-hybridized carbons (Fsp3) is 0.737. The highest BCUT2D eigenvalue weighted by Gasteiger charge is 2.15. The highest BCUT2D eigenvalue weighted by atomic mass is 127. The smallest absolute Gasteiger partial charge is 0.407 e. The van der Waals surface area contributed by atoms with Gasteiger partial charge in [-0.25, -0.2) is 9.79 Å². The summed E-state index contributed by atoms with van der Waals surface area (Å²) in [4.78, 5) is 16.2. The van der Waals surface area contributed by atoms with E-state index >= 15 is 0 Å². The van der Waals surface area contributed by atoms with Crippen molar-refractivity contribution in [3.05, 3.63) is 17.0 Å². The Balaban J connectivity index is 0.00000729. The molecule has 9 heteroatoms. The van der Waals surface area contributed by atoms with E-state index in [2.05, 4.69) is 33.0 Å². The van der Waals surface area contributed by atoms with Crippen LogP contribution in [0.4, 0.5) is 4.79 Å². The monoisotopic (exact) mass is 509 g/mol. The van der Waals surface area contributed by atoms with Crippen molar-refractivity contribution in [2.24, 2.45) is 4.99 Å². The van der Waals surface area contributed by atoms with Crippen LogP contribution in [0.2, 0.25) is 0 Å². The minimum absolute atomic E-state index is 0. The Kier molecular flexibility index (Phi) is 12.9. The van der Waals surface area contributed by atoms with Gasteiger partial charge in [-0.05, 0) is 40.5 Å². The quantitative estimate of drug-likeness (QED) is 0.204. The molecule has 1 amide bonds. The summed E-state index contributed by atoms with van der Waals surface area (Å²) in [5.74, 6) is 1.63. The van der Waals surface area contributed by atoms with Gasteiger partial charge in [0.25, 0.3) is 0 Å². The van der Waals surface area contributed by atoms with Crippen molar-refractivity contribution >= 4 is 36.0 Å². The molecule has 3 N–H and O–H groups in total. The Morgan fingerprint density at radius 2 is 1.79 bits per heavy atom. The predicted molar refractivity (Wildman–Crippen MR) is 122 cm³/mol. The SMILES string of the molecule is CCNC(=NCc1c(CC)noc1CC)NCCCNC(=O)OC(C)(C)C.I. The van der Waals surface area contributed by atoms with Gasteiger partial charge in [-0.15, -0.1) is 24.0 Å². The van der Waals surface area contributed by atoms with E-state index in [4.69, 9.17) is 9.26 Å². The minimum Gasteiger partial charge on any atom is -0.444 e. The fourth-order valence-corrected chi connectivity index (χ4v) is 2.42. The van der Waals surface area contributed by atoms with Crippen molar-refractivity contribution in [1.29, 1.82) is 0 Å². The summed E-state index contributed by atoms with van der Waals surface area (Å²) in [7, 11) is 0. The molecule has 28 heavy (non-hydrogen) atoms. The third-order valence-corrected chi connectivity index (χ3v) is 3.66. The van der Waals surface area contributed by atoms with Crippen LogP contribution in [0.15, 0.2) is 9.52 Å². The number of carbonyl (C=O) groups is 1. The molecule has 8 nitrogen and oxygen atoms in total. The van der Waals surface area contributed by atoms with E-state index in [1.165, 1.54) is 0 Å². The van der Waals surface area contributed by atoms with Crippen molar-refractivity contribution in [1.82, 2.24) is 21.1 Å². The van der Waals surface area contributed by atoms with E-state index in [0.29, 0.717) is 19.6 Å². The number of nitrogens with zero attached hydrogens (tertiary/aromatic N) is 2. The number of nitrogens with one attached hydrogen (secondary N) is 3. The summed E-state index contributed by atoms with van der Waals surface area (Å²) < 4.78 is 10.6. The third kappa shape index (κ3) is 10.1. The normalized spacial score (nSPS) is 11.6. The highest BCUT2D eigenvalue weighted by molar-refractivity contribution is 14.0. The van der Waals surface area contributed by atoms with E-state index in [1.807, 2.05) is 34.6 Å². The Hall–Kier alpha value is -1.52.